The van der Waals surface area contributed by atoms with Crippen LogP contribution >= 0.6 is 0 Å². The fourth-order valence-corrected chi connectivity index (χ4v) is 3.55. The molecule has 0 aliphatic heterocycles. The first kappa shape index (κ1) is 28.3. The number of carbonyl (C=O) groups excluding carboxylic acids is 2. The number of aromatic nitrogens is 2. The van der Waals surface area contributed by atoms with Gasteiger partial charge in [0.15, 0.2) is 0 Å². The number of carbonyl (C=O) groups is 2. The Morgan fingerprint density at radius 2 is 1.79 bits per heavy atom. The fourth-order valence-electron chi connectivity index (χ4n) is 3.55. The van der Waals surface area contributed by atoms with Crippen LogP contribution in [0.4, 0.5) is 20.7 Å². The molecule has 2 aromatic heterocycles. The van der Waals surface area contributed by atoms with Crippen LogP contribution in [0.2, 0.25) is 0 Å². The molecule has 0 aliphatic rings. The molecule has 0 saturated carbocycles. The molecule has 0 radical (unpaired) electrons. The molecular weight excluding hydrogens is 501 g/mol. The first-order chi connectivity index (χ1) is 18.5. The maximum absolute atomic E-state index is 14.9. The summed E-state index contributed by atoms with van der Waals surface area (Å²) >= 11 is 0. The Balaban J connectivity index is 1.91. The smallest absolute Gasteiger partial charge is 0.412 e. The Kier molecular flexibility index (Phi) is 8.62. The Bertz CT molecular complexity index is 1520. The Morgan fingerprint density at radius 3 is 2.46 bits per heavy atom. The summed E-state index contributed by atoms with van der Waals surface area (Å²) in [5.41, 5.74) is 14.2. The van der Waals surface area contributed by atoms with Crippen molar-refractivity contribution < 1.29 is 18.7 Å². The number of allylic oxidation sites excluding steroid dienone is 2. The van der Waals surface area contributed by atoms with Crippen molar-refractivity contribution in [2.24, 2.45) is 11.5 Å². The van der Waals surface area contributed by atoms with Gasteiger partial charge < -0.3 is 21.5 Å². The predicted octanol–water partition coefficient (Wildman–Crippen LogP) is 4.46. The minimum absolute atomic E-state index is 0.0818. The number of anilines is 2. The van der Waals surface area contributed by atoms with Crippen molar-refractivity contribution in [3.8, 4) is 6.07 Å². The molecule has 10 nitrogen and oxygen atoms in total. The normalized spacial score (nSPS) is 11.9. The van der Waals surface area contributed by atoms with Gasteiger partial charge in [-0.15, -0.1) is 0 Å². The SMILES string of the molecule is COC(=O)Nc1cc(C(/C=C(\N)c2cc(NC(=O)c3ccnc(C(C)(C)C#N)c3)c(F)cc2C)=C/N)ccn1. The van der Waals surface area contributed by atoms with Gasteiger partial charge in [0.2, 0.25) is 0 Å². The molecule has 0 fully saturated rings. The molecule has 0 bridgehead atoms. The van der Waals surface area contributed by atoms with E-state index in [0.29, 0.717) is 28.0 Å². The summed E-state index contributed by atoms with van der Waals surface area (Å²) in [6, 6.07) is 11.1. The number of hydrogen-bond donors (Lipinski definition) is 4. The van der Waals surface area contributed by atoms with Crippen molar-refractivity contribution in [3.63, 3.8) is 0 Å². The Labute approximate surface area is 225 Å². The minimum atomic E-state index is -0.906. The number of methoxy groups -OCH3 is 1. The average molecular weight is 530 g/mol. The molecule has 11 heteroatoms. The Hall–Kier alpha value is -5.24. The molecule has 0 spiro atoms. The third kappa shape index (κ3) is 6.75. The van der Waals surface area contributed by atoms with Crippen LogP contribution in [0.5, 0.6) is 0 Å². The highest BCUT2D eigenvalue weighted by atomic mass is 19.1. The quantitative estimate of drug-likeness (QED) is 0.325. The van der Waals surface area contributed by atoms with Crippen molar-refractivity contribution >= 4 is 34.8 Å². The third-order valence-electron chi connectivity index (χ3n) is 5.81. The van der Waals surface area contributed by atoms with Gasteiger partial charge in [-0.25, -0.2) is 14.2 Å². The van der Waals surface area contributed by atoms with Gasteiger partial charge in [0.25, 0.3) is 5.91 Å². The zero-order chi connectivity index (χ0) is 28.7. The molecule has 1 aromatic carbocycles. The summed E-state index contributed by atoms with van der Waals surface area (Å²) in [6.45, 7) is 5.05. The van der Waals surface area contributed by atoms with Crippen LogP contribution in [0.15, 0.2) is 61.1 Å². The second-order valence-electron chi connectivity index (χ2n) is 9.04. The largest absolute Gasteiger partial charge is 0.453 e. The van der Waals surface area contributed by atoms with Crippen LogP contribution in [0, 0.1) is 24.1 Å². The number of rotatable bonds is 7. The van der Waals surface area contributed by atoms with Crippen LogP contribution in [0.1, 0.15) is 46.6 Å². The van der Waals surface area contributed by atoms with E-state index in [2.05, 4.69) is 31.4 Å². The first-order valence-corrected chi connectivity index (χ1v) is 11.7. The highest BCUT2D eigenvalue weighted by molar-refractivity contribution is 6.04. The van der Waals surface area contributed by atoms with Crippen molar-refractivity contribution in [1.29, 1.82) is 5.26 Å². The van der Waals surface area contributed by atoms with E-state index in [1.807, 2.05) is 0 Å². The minimum Gasteiger partial charge on any atom is -0.453 e. The highest BCUT2D eigenvalue weighted by Gasteiger charge is 2.23. The summed E-state index contributed by atoms with van der Waals surface area (Å²) in [7, 11) is 1.24. The maximum Gasteiger partial charge on any atom is 0.412 e. The fraction of sp³-hybridized carbons (Fsp3) is 0.179. The molecule has 3 aromatic rings. The summed E-state index contributed by atoms with van der Waals surface area (Å²) in [4.78, 5) is 32.7. The highest BCUT2D eigenvalue weighted by Crippen LogP contribution is 2.27. The van der Waals surface area contributed by atoms with E-state index in [1.165, 1.54) is 50.0 Å². The van der Waals surface area contributed by atoms with Crippen LogP contribution in [-0.4, -0.2) is 29.1 Å². The van der Waals surface area contributed by atoms with Crippen LogP contribution < -0.4 is 22.1 Å². The van der Waals surface area contributed by atoms with Crippen molar-refractivity contribution in [2.45, 2.75) is 26.2 Å². The van der Waals surface area contributed by atoms with Crippen LogP contribution in [0.3, 0.4) is 0 Å². The number of ether oxygens (including phenoxy) is 1. The molecule has 6 N–H and O–H groups in total. The first-order valence-electron chi connectivity index (χ1n) is 11.7. The lowest BCUT2D eigenvalue weighted by Gasteiger charge is -2.16. The van der Waals surface area contributed by atoms with E-state index in [1.54, 1.807) is 39.0 Å². The summed E-state index contributed by atoms with van der Waals surface area (Å²) in [5, 5.41) is 14.4. The third-order valence-corrected chi connectivity index (χ3v) is 5.81. The summed E-state index contributed by atoms with van der Waals surface area (Å²) in [6.07, 6.45) is 5.14. The molecule has 200 valence electrons. The monoisotopic (exact) mass is 529 g/mol. The van der Waals surface area contributed by atoms with Crippen molar-refractivity contribution in [2.75, 3.05) is 17.7 Å². The second-order valence-corrected chi connectivity index (χ2v) is 9.04. The van der Waals surface area contributed by atoms with Crippen LogP contribution in [0.25, 0.3) is 11.3 Å². The van der Waals surface area contributed by atoms with Crippen LogP contribution in [-0.2, 0) is 10.2 Å². The standard InChI is InChI=1S/C28H28FN7O3/c1-16-9-21(29)23(35-26(37)18-6-7-33-24(11-18)28(2,3)15-31)13-20(16)22(32)10-19(14-30)17-5-8-34-25(12-17)36-27(38)39-4/h5-14H,30,32H2,1-4H3,(H,35,37)(H,34,36,38)/b19-14+,22-10-. The summed E-state index contributed by atoms with van der Waals surface area (Å²) in [5.74, 6) is -0.981. The number of benzene rings is 1. The lowest BCUT2D eigenvalue weighted by atomic mass is 9.90. The lowest BCUT2D eigenvalue weighted by molar-refractivity contribution is 0.102. The number of amides is 2. The average Bonchev–Trinajstić information content (AvgIpc) is 2.93. The van der Waals surface area contributed by atoms with E-state index < -0.39 is 23.2 Å². The van der Waals surface area contributed by atoms with E-state index in [-0.39, 0.29) is 22.8 Å². The van der Waals surface area contributed by atoms with Crippen molar-refractivity contribution in [1.82, 2.24) is 9.97 Å². The molecule has 3 rings (SSSR count). The molecule has 0 unspecified atom stereocenters. The van der Waals surface area contributed by atoms with E-state index in [0.717, 1.165) is 0 Å². The van der Waals surface area contributed by atoms with Gasteiger partial charge in [-0.05, 0) is 79.9 Å². The van der Waals surface area contributed by atoms with Gasteiger partial charge in [0.05, 0.1) is 30.0 Å². The number of halogens is 1. The number of nitrogens with two attached hydrogens (primary N) is 2. The van der Waals surface area contributed by atoms with Gasteiger partial charge >= 0.3 is 6.09 Å². The second kappa shape index (κ2) is 11.9. The molecular formula is C28H28FN7O3. The topological polar surface area (TPSA) is 169 Å². The molecule has 2 heterocycles. The molecule has 0 saturated heterocycles. The van der Waals surface area contributed by atoms with Gasteiger partial charge in [-0.1, -0.05) is 0 Å². The van der Waals surface area contributed by atoms with Crippen molar-refractivity contribution in [3.05, 3.63) is 94.8 Å². The van der Waals surface area contributed by atoms with E-state index in [9.17, 15) is 19.2 Å². The number of aryl methyl sites for hydroxylation is 1. The number of nitriles is 1. The van der Waals surface area contributed by atoms with E-state index in [4.69, 9.17) is 11.5 Å². The number of hydrogen-bond acceptors (Lipinski definition) is 8. The van der Waals surface area contributed by atoms with Gasteiger partial charge in [-0.3, -0.25) is 15.1 Å². The zero-order valence-corrected chi connectivity index (χ0v) is 21.9. The molecule has 0 aliphatic carbocycles. The van der Waals surface area contributed by atoms with Gasteiger partial charge in [0, 0.05) is 35.4 Å². The van der Waals surface area contributed by atoms with Gasteiger partial charge in [-0.2, -0.15) is 5.26 Å². The predicted molar refractivity (Wildman–Crippen MR) is 147 cm³/mol. The molecule has 2 amide bonds. The zero-order valence-electron chi connectivity index (χ0n) is 21.9. The lowest BCUT2D eigenvalue weighted by Crippen LogP contribution is -2.19. The van der Waals surface area contributed by atoms with E-state index >= 15 is 0 Å². The molecule has 39 heavy (non-hydrogen) atoms. The Morgan fingerprint density at radius 1 is 1.10 bits per heavy atom. The number of pyridine rings is 2. The maximum atomic E-state index is 14.9. The van der Waals surface area contributed by atoms with Gasteiger partial charge in [0.1, 0.15) is 11.6 Å². The summed E-state index contributed by atoms with van der Waals surface area (Å²) < 4.78 is 19.4. The number of nitrogens with one attached hydrogen (secondary N) is 2. The number of nitrogens with zero attached hydrogens (tertiary/aromatic N) is 3. The molecule has 0 atom stereocenters.